The molecule has 108 valence electrons. The van der Waals surface area contributed by atoms with E-state index in [9.17, 15) is 8.42 Å². The smallest absolute Gasteiger partial charge is 0.282 e. The fourth-order valence-corrected chi connectivity index (χ4v) is 2.90. The topological polar surface area (TPSA) is 97.4 Å². The van der Waals surface area contributed by atoms with Crippen LogP contribution in [0.1, 0.15) is 19.8 Å². The summed E-state index contributed by atoms with van der Waals surface area (Å²) in [6, 6.07) is 3.45. The Bertz CT molecular complexity index is 438. The summed E-state index contributed by atoms with van der Waals surface area (Å²) >= 11 is 0. The van der Waals surface area contributed by atoms with E-state index in [4.69, 9.17) is 15.3 Å². The Balaban J connectivity index is 4.95. The lowest BCUT2D eigenvalue weighted by Crippen LogP contribution is -2.47. The summed E-state index contributed by atoms with van der Waals surface area (Å²) in [4.78, 5) is 0. The van der Waals surface area contributed by atoms with Gasteiger partial charge in [-0.2, -0.15) is 27.6 Å². The Morgan fingerprint density at radius 3 is 2.37 bits per heavy atom. The normalized spacial score (nSPS) is 13.2. The largest absolute Gasteiger partial charge is 0.383 e. The van der Waals surface area contributed by atoms with Crippen LogP contribution in [0.2, 0.25) is 0 Å². The number of nitriles is 2. The number of ether oxygens (including phenoxy) is 1. The van der Waals surface area contributed by atoms with Gasteiger partial charge in [0.25, 0.3) is 10.2 Å². The fourth-order valence-electron chi connectivity index (χ4n) is 1.38. The zero-order valence-electron chi connectivity index (χ0n) is 11.5. The van der Waals surface area contributed by atoms with E-state index < -0.39 is 16.3 Å². The predicted molar refractivity (Wildman–Crippen MR) is 70.1 cm³/mol. The molecule has 19 heavy (non-hydrogen) atoms. The maximum Gasteiger partial charge on any atom is 0.282 e. The van der Waals surface area contributed by atoms with Gasteiger partial charge in [-0.3, -0.25) is 0 Å². The second-order valence-electron chi connectivity index (χ2n) is 4.04. The van der Waals surface area contributed by atoms with Gasteiger partial charge in [-0.25, -0.2) is 0 Å². The molecule has 0 heterocycles. The summed E-state index contributed by atoms with van der Waals surface area (Å²) in [5.41, 5.74) is 0. The number of hydrogen-bond donors (Lipinski definition) is 0. The van der Waals surface area contributed by atoms with Crippen molar-refractivity contribution in [3.63, 3.8) is 0 Å². The van der Waals surface area contributed by atoms with E-state index in [1.807, 2.05) is 12.1 Å². The summed E-state index contributed by atoms with van der Waals surface area (Å²) in [6.45, 7) is 2.22. The number of hydrogen-bond acceptors (Lipinski definition) is 5. The van der Waals surface area contributed by atoms with Gasteiger partial charge < -0.3 is 4.74 Å². The molecular weight excluding hydrogens is 268 g/mol. The van der Waals surface area contributed by atoms with Crippen molar-refractivity contribution < 1.29 is 13.2 Å². The molecule has 1 atom stereocenters. The van der Waals surface area contributed by atoms with Gasteiger partial charge in [0.15, 0.2) is 0 Å². The highest BCUT2D eigenvalue weighted by molar-refractivity contribution is 7.86. The minimum absolute atomic E-state index is 0.114. The van der Waals surface area contributed by atoms with Crippen molar-refractivity contribution >= 4 is 10.2 Å². The van der Waals surface area contributed by atoms with E-state index in [0.717, 1.165) is 4.31 Å². The maximum atomic E-state index is 12.3. The van der Waals surface area contributed by atoms with E-state index in [-0.39, 0.29) is 32.5 Å². The summed E-state index contributed by atoms with van der Waals surface area (Å²) < 4.78 is 31.9. The minimum Gasteiger partial charge on any atom is -0.383 e. The Labute approximate surface area is 115 Å². The zero-order valence-corrected chi connectivity index (χ0v) is 12.4. The maximum absolute atomic E-state index is 12.3. The molecule has 0 radical (unpaired) electrons. The Morgan fingerprint density at radius 2 is 1.89 bits per heavy atom. The molecule has 0 aromatic carbocycles. The lowest BCUT2D eigenvalue weighted by atomic mass is 10.3. The molecule has 7 nitrogen and oxygen atoms in total. The first-order chi connectivity index (χ1) is 8.91. The molecule has 0 unspecified atom stereocenters. The van der Waals surface area contributed by atoms with Crippen LogP contribution in [0.5, 0.6) is 0 Å². The van der Waals surface area contributed by atoms with Crippen LogP contribution in [0.25, 0.3) is 0 Å². The van der Waals surface area contributed by atoms with Crippen molar-refractivity contribution in [2.45, 2.75) is 25.8 Å². The molecular formula is C11H20N4O3S. The summed E-state index contributed by atoms with van der Waals surface area (Å²) in [5.74, 6) is 0. The van der Waals surface area contributed by atoms with Crippen LogP contribution in [0.15, 0.2) is 0 Å². The highest BCUT2D eigenvalue weighted by Crippen LogP contribution is 2.12. The summed E-state index contributed by atoms with van der Waals surface area (Å²) in [7, 11) is -0.765. The standard InChI is InChI=1S/C11H20N4O3S/c1-11(5-7-13)14(2)19(16,17)15(8-4-6-12)9-10-18-3/h11H,4-5,8-10H2,1-3H3/t11-/m1/s1. The van der Waals surface area contributed by atoms with Crippen LogP contribution in [0, 0.1) is 22.7 Å². The first-order valence-corrected chi connectivity index (χ1v) is 7.27. The molecule has 0 aliphatic heterocycles. The summed E-state index contributed by atoms with van der Waals surface area (Å²) in [5, 5.41) is 17.2. The van der Waals surface area contributed by atoms with Crippen LogP contribution >= 0.6 is 0 Å². The average Bonchev–Trinajstić information content (AvgIpc) is 2.37. The second-order valence-corrected chi connectivity index (χ2v) is 6.02. The SMILES string of the molecule is COCCN(CCC#N)S(=O)(=O)N(C)[C@H](C)CC#N. The van der Waals surface area contributed by atoms with Crippen LogP contribution in [0.3, 0.4) is 0 Å². The van der Waals surface area contributed by atoms with E-state index in [1.54, 1.807) is 6.92 Å². The highest BCUT2D eigenvalue weighted by atomic mass is 32.2. The third-order valence-corrected chi connectivity index (χ3v) is 4.82. The monoisotopic (exact) mass is 288 g/mol. The van der Waals surface area contributed by atoms with Crippen molar-refractivity contribution in [2.75, 3.05) is 33.9 Å². The predicted octanol–water partition coefficient (Wildman–Crippen LogP) is 0.327. The molecule has 0 aliphatic carbocycles. The molecule has 0 spiro atoms. The Morgan fingerprint density at radius 1 is 1.26 bits per heavy atom. The van der Waals surface area contributed by atoms with Gasteiger partial charge in [0, 0.05) is 39.7 Å². The van der Waals surface area contributed by atoms with Crippen molar-refractivity contribution in [2.24, 2.45) is 0 Å². The van der Waals surface area contributed by atoms with E-state index in [1.165, 1.54) is 18.5 Å². The van der Waals surface area contributed by atoms with Gasteiger partial charge in [0.05, 0.1) is 25.2 Å². The first-order valence-electron chi connectivity index (χ1n) is 5.87. The third-order valence-electron chi connectivity index (χ3n) is 2.72. The lowest BCUT2D eigenvalue weighted by molar-refractivity contribution is 0.176. The molecule has 8 heteroatoms. The van der Waals surface area contributed by atoms with E-state index in [0.29, 0.717) is 0 Å². The van der Waals surface area contributed by atoms with Gasteiger partial charge in [0.1, 0.15) is 0 Å². The first kappa shape index (κ1) is 17.8. The Hall–Kier alpha value is -1.19. The molecule has 0 amide bonds. The zero-order chi connectivity index (χ0) is 14.9. The molecule has 0 rings (SSSR count). The molecule has 0 fully saturated rings. The van der Waals surface area contributed by atoms with E-state index >= 15 is 0 Å². The van der Waals surface area contributed by atoms with Crippen molar-refractivity contribution in [1.82, 2.24) is 8.61 Å². The molecule has 0 bridgehead atoms. The van der Waals surface area contributed by atoms with Gasteiger partial charge >= 0.3 is 0 Å². The number of nitrogens with zero attached hydrogens (tertiary/aromatic N) is 4. The minimum atomic E-state index is -3.68. The van der Waals surface area contributed by atoms with Crippen LogP contribution in [0.4, 0.5) is 0 Å². The third kappa shape index (κ3) is 5.53. The molecule has 0 aromatic heterocycles. The fraction of sp³-hybridized carbons (Fsp3) is 0.818. The van der Waals surface area contributed by atoms with E-state index in [2.05, 4.69) is 0 Å². The second kappa shape index (κ2) is 8.83. The van der Waals surface area contributed by atoms with Gasteiger partial charge in [-0.15, -0.1) is 0 Å². The quantitative estimate of drug-likeness (QED) is 0.609. The highest BCUT2D eigenvalue weighted by Gasteiger charge is 2.29. The number of rotatable bonds is 9. The molecule has 0 saturated carbocycles. The van der Waals surface area contributed by atoms with Crippen molar-refractivity contribution in [3.05, 3.63) is 0 Å². The molecule has 0 aliphatic rings. The number of methoxy groups -OCH3 is 1. The van der Waals surface area contributed by atoms with Gasteiger partial charge in [-0.05, 0) is 6.92 Å². The summed E-state index contributed by atoms with van der Waals surface area (Å²) in [6.07, 6.45) is 0.232. The van der Waals surface area contributed by atoms with Crippen molar-refractivity contribution in [1.29, 1.82) is 10.5 Å². The average molecular weight is 288 g/mol. The van der Waals surface area contributed by atoms with Crippen molar-refractivity contribution in [3.8, 4) is 12.1 Å². The van der Waals surface area contributed by atoms with Gasteiger partial charge in [0.2, 0.25) is 0 Å². The Kier molecular flexibility index (Phi) is 8.28. The molecule has 0 N–H and O–H groups in total. The van der Waals surface area contributed by atoms with Crippen LogP contribution in [-0.2, 0) is 14.9 Å². The van der Waals surface area contributed by atoms with Crippen LogP contribution in [-0.4, -0.2) is 56.9 Å². The van der Waals surface area contributed by atoms with Crippen LogP contribution < -0.4 is 0 Å². The molecule has 0 aromatic rings. The molecule has 0 saturated heterocycles. The van der Waals surface area contributed by atoms with Gasteiger partial charge in [-0.1, -0.05) is 0 Å². The lowest BCUT2D eigenvalue weighted by Gasteiger charge is -2.29.